The van der Waals surface area contributed by atoms with E-state index >= 15 is 0 Å². The minimum atomic E-state index is -0.292. The molecule has 4 fully saturated rings. The zero-order valence-corrected chi connectivity index (χ0v) is 23.7. The van der Waals surface area contributed by atoms with Crippen molar-refractivity contribution in [3.8, 4) is 0 Å². The van der Waals surface area contributed by atoms with Crippen molar-refractivity contribution in [2.75, 3.05) is 6.61 Å². The van der Waals surface area contributed by atoms with Crippen molar-refractivity contribution in [2.45, 2.75) is 98.5 Å². The van der Waals surface area contributed by atoms with Gasteiger partial charge in [0, 0.05) is 0 Å². The summed E-state index contributed by atoms with van der Waals surface area (Å²) in [5.74, 6) is 4.92. The van der Waals surface area contributed by atoms with Gasteiger partial charge in [0.15, 0.2) is 0 Å². The molecule has 5 heteroatoms. The SMILES string of the molecule is CC[C@H]1[C@@H](O)[C@@H]2[C@H](CC[C@]3(C)[C@@H]([C@H](C)CCOC(=O)n4cc[n+](C)c4)CC[C@@H]23)[C@@]2(C)CC[C@@H](C)C[C@@H]12. The maximum absolute atomic E-state index is 12.4. The topological polar surface area (TPSA) is 55.3 Å². The number of carbonyl (C=O) groups is 1. The van der Waals surface area contributed by atoms with E-state index in [2.05, 4.69) is 34.6 Å². The van der Waals surface area contributed by atoms with Gasteiger partial charge >= 0.3 is 6.09 Å². The van der Waals surface area contributed by atoms with Gasteiger partial charge in [0.1, 0.15) is 12.4 Å². The van der Waals surface area contributed by atoms with Crippen LogP contribution in [0.3, 0.4) is 0 Å². The van der Waals surface area contributed by atoms with Crippen LogP contribution < -0.4 is 4.57 Å². The van der Waals surface area contributed by atoms with Crippen LogP contribution in [-0.4, -0.2) is 28.5 Å². The minimum Gasteiger partial charge on any atom is -0.431 e. The molecule has 0 unspecified atom stereocenters. The van der Waals surface area contributed by atoms with E-state index < -0.39 is 0 Å². The second-order valence-corrected chi connectivity index (χ2v) is 13.9. The molecule has 4 aliphatic carbocycles. The van der Waals surface area contributed by atoms with Crippen LogP contribution in [0, 0.1) is 58.2 Å². The molecule has 11 atom stereocenters. The average Bonchev–Trinajstić information content (AvgIpc) is 3.43. The van der Waals surface area contributed by atoms with E-state index in [0.29, 0.717) is 58.9 Å². The highest BCUT2D eigenvalue weighted by molar-refractivity contribution is 5.69. The maximum Gasteiger partial charge on any atom is 0.511 e. The zero-order chi connectivity index (χ0) is 25.8. The molecule has 5 rings (SSSR count). The number of hydrogen-bond acceptors (Lipinski definition) is 3. The fraction of sp³-hybridized carbons (Fsp3) is 0.871. The van der Waals surface area contributed by atoms with Crippen molar-refractivity contribution >= 4 is 6.09 Å². The van der Waals surface area contributed by atoms with Gasteiger partial charge in [0.25, 0.3) is 6.33 Å². The van der Waals surface area contributed by atoms with Gasteiger partial charge in [-0.2, -0.15) is 4.79 Å². The van der Waals surface area contributed by atoms with Crippen LogP contribution in [0.15, 0.2) is 18.7 Å². The molecule has 0 radical (unpaired) electrons. The second kappa shape index (κ2) is 9.75. The van der Waals surface area contributed by atoms with Gasteiger partial charge in [0.05, 0.1) is 19.8 Å². The van der Waals surface area contributed by atoms with Crippen molar-refractivity contribution < 1.29 is 19.2 Å². The van der Waals surface area contributed by atoms with Gasteiger partial charge in [-0.15, -0.1) is 4.57 Å². The van der Waals surface area contributed by atoms with Crippen molar-refractivity contribution in [2.24, 2.45) is 65.2 Å². The van der Waals surface area contributed by atoms with E-state index in [0.717, 1.165) is 18.8 Å². The fourth-order valence-electron chi connectivity index (χ4n) is 10.3. The summed E-state index contributed by atoms with van der Waals surface area (Å²) in [5.41, 5.74) is 0.703. The molecule has 0 saturated heterocycles. The number of aliphatic hydroxyl groups excluding tert-OH is 1. The van der Waals surface area contributed by atoms with E-state index in [9.17, 15) is 9.90 Å². The molecular formula is C31H51N2O3+. The Morgan fingerprint density at radius 2 is 1.86 bits per heavy atom. The molecule has 0 spiro atoms. The number of fused-ring (bicyclic) bond motifs is 5. The Labute approximate surface area is 219 Å². The predicted molar refractivity (Wildman–Crippen MR) is 141 cm³/mol. The Kier molecular flexibility index (Phi) is 7.11. The molecule has 1 aromatic heterocycles. The van der Waals surface area contributed by atoms with Gasteiger partial charge in [-0.3, -0.25) is 0 Å². The number of nitrogens with zero attached hydrogens (tertiary/aromatic N) is 2. The smallest absolute Gasteiger partial charge is 0.431 e. The van der Waals surface area contributed by atoms with Crippen LogP contribution in [-0.2, 0) is 11.8 Å². The van der Waals surface area contributed by atoms with Crippen LogP contribution in [0.4, 0.5) is 4.79 Å². The monoisotopic (exact) mass is 499 g/mol. The molecule has 0 aliphatic heterocycles. The molecule has 202 valence electrons. The summed E-state index contributed by atoms with van der Waals surface area (Å²) >= 11 is 0. The van der Waals surface area contributed by atoms with Gasteiger partial charge in [-0.05, 0) is 103 Å². The van der Waals surface area contributed by atoms with Crippen molar-refractivity contribution in [1.82, 2.24) is 4.57 Å². The summed E-state index contributed by atoms with van der Waals surface area (Å²) in [7, 11) is 1.90. The highest BCUT2D eigenvalue weighted by Gasteiger charge is 2.64. The molecule has 4 aliphatic rings. The Balaban J connectivity index is 1.28. The lowest BCUT2D eigenvalue weighted by Crippen LogP contribution is -2.61. The van der Waals surface area contributed by atoms with Crippen LogP contribution in [0.2, 0.25) is 0 Å². The lowest BCUT2D eigenvalue weighted by atomic mass is 9.41. The molecule has 4 saturated carbocycles. The number of carbonyl (C=O) groups excluding carboxylic acids is 1. The fourth-order valence-corrected chi connectivity index (χ4v) is 10.3. The second-order valence-electron chi connectivity index (χ2n) is 13.9. The molecule has 1 heterocycles. The molecular weight excluding hydrogens is 448 g/mol. The third-order valence-corrected chi connectivity index (χ3v) is 12.2. The number of aromatic nitrogens is 2. The first-order valence-electron chi connectivity index (χ1n) is 15.0. The van der Waals surface area contributed by atoms with Gasteiger partial charge < -0.3 is 9.84 Å². The highest BCUT2D eigenvalue weighted by atomic mass is 16.5. The normalized spacial score (nSPS) is 44.9. The van der Waals surface area contributed by atoms with E-state index in [1.807, 2.05) is 17.8 Å². The molecule has 0 amide bonds. The molecule has 0 bridgehead atoms. The Hall–Kier alpha value is -1.36. The van der Waals surface area contributed by atoms with E-state index in [4.69, 9.17) is 4.74 Å². The first kappa shape index (κ1) is 26.3. The molecule has 0 aromatic carbocycles. The standard InChI is InChI=1S/C31H51N2O3/c1-7-22-26-18-20(2)10-13-31(26,5)25-11-14-30(4)23(8-9-24(30)27(25)28(22)34)21(3)12-17-36-29(35)33-16-15-32(6)19-33/h15-16,19-28,34H,7-14,17-18H2,1-6H3/q+1/t20-,21-,22-,23-,24+,25+,26+,27+,28-,30-,31-/m1/s1. The first-order valence-corrected chi connectivity index (χ1v) is 15.0. The van der Waals surface area contributed by atoms with Gasteiger partial charge in [-0.1, -0.05) is 47.5 Å². The quantitative estimate of drug-likeness (QED) is 0.489. The number of rotatable bonds is 5. The first-order chi connectivity index (χ1) is 17.1. The highest BCUT2D eigenvalue weighted by Crippen LogP contribution is 2.69. The maximum atomic E-state index is 12.4. The summed E-state index contributed by atoms with van der Waals surface area (Å²) in [5, 5.41) is 11.9. The summed E-state index contributed by atoms with van der Waals surface area (Å²) in [6, 6.07) is 0. The summed E-state index contributed by atoms with van der Waals surface area (Å²) < 4.78 is 8.98. The van der Waals surface area contributed by atoms with Crippen LogP contribution in [0.25, 0.3) is 0 Å². The van der Waals surface area contributed by atoms with Crippen LogP contribution >= 0.6 is 0 Å². The van der Waals surface area contributed by atoms with Crippen molar-refractivity contribution in [1.29, 1.82) is 0 Å². The Morgan fingerprint density at radius 1 is 1.14 bits per heavy atom. The Bertz CT molecular complexity index is 944. The molecule has 1 aromatic rings. The summed E-state index contributed by atoms with van der Waals surface area (Å²) in [6.45, 7) is 12.8. The number of ether oxygens (including phenoxy) is 1. The van der Waals surface area contributed by atoms with Crippen molar-refractivity contribution in [3.63, 3.8) is 0 Å². The number of imidazole rings is 1. The van der Waals surface area contributed by atoms with E-state index in [1.54, 1.807) is 12.5 Å². The van der Waals surface area contributed by atoms with Crippen LogP contribution in [0.5, 0.6) is 0 Å². The molecule has 5 nitrogen and oxygen atoms in total. The minimum absolute atomic E-state index is 0.133. The molecule has 36 heavy (non-hydrogen) atoms. The third kappa shape index (κ3) is 4.16. The predicted octanol–water partition coefficient (Wildman–Crippen LogP) is 6.23. The average molecular weight is 500 g/mol. The van der Waals surface area contributed by atoms with Gasteiger partial charge in [-0.25, -0.2) is 4.57 Å². The molecule has 1 N–H and O–H groups in total. The number of aliphatic hydroxyl groups is 1. The van der Waals surface area contributed by atoms with E-state index in [-0.39, 0.29) is 12.2 Å². The van der Waals surface area contributed by atoms with Gasteiger partial charge in [0.2, 0.25) is 0 Å². The number of aryl methyl sites for hydroxylation is 1. The van der Waals surface area contributed by atoms with E-state index in [1.165, 1.54) is 49.5 Å². The summed E-state index contributed by atoms with van der Waals surface area (Å²) in [6.07, 6.45) is 16.1. The van der Waals surface area contributed by atoms with Crippen LogP contribution in [0.1, 0.15) is 92.4 Å². The largest absolute Gasteiger partial charge is 0.511 e. The van der Waals surface area contributed by atoms with Crippen molar-refractivity contribution in [3.05, 3.63) is 18.7 Å². The summed E-state index contributed by atoms with van der Waals surface area (Å²) in [4.78, 5) is 12.4. The third-order valence-electron chi connectivity index (χ3n) is 12.2. The lowest BCUT2D eigenvalue weighted by Gasteiger charge is -2.65. The number of hydrogen-bond donors (Lipinski definition) is 1. The Morgan fingerprint density at radius 3 is 2.56 bits per heavy atom. The zero-order valence-electron chi connectivity index (χ0n) is 23.7. The lowest BCUT2D eigenvalue weighted by molar-refractivity contribution is -0.670.